The number of aromatic nitrogens is 2. The molecule has 0 aromatic carbocycles. The lowest BCUT2D eigenvalue weighted by atomic mass is 10.0. The first-order valence-electron chi connectivity index (χ1n) is 8.30. The number of carbonyl (C=O) groups excluding carboxylic acids is 2. The molecule has 2 amide bonds. The van der Waals surface area contributed by atoms with Crippen molar-refractivity contribution in [1.82, 2.24) is 14.9 Å². The number of amides is 2. The molecular formula is C18H22N4O4. The first kappa shape index (κ1) is 17.9. The Morgan fingerprint density at radius 1 is 1.38 bits per heavy atom. The van der Waals surface area contributed by atoms with Crippen molar-refractivity contribution in [2.45, 2.75) is 26.4 Å². The number of carbonyl (C=O) groups is 2. The highest BCUT2D eigenvalue weighted by molar-refractivity contribution is 6.06. The lowest BCUT2D eigenvalue weighted by Crippen LogP contribution is -2.34. The maximum atomic E-state index is 12.4. The molecule has 0 aliphatic carbocycles. The van der Waals surface area contributed by atoms with Crippen LogP contribution in [0.4, 0.5) is 4.79 Å². The number of rotatable bonds is 2. The molecule has 3 N–H and O–H groups in total. The van der Waals surface area contributed by atoms with E-state index in [2.05, 4.69) is 9.97 Å². The minimum absolute atomic E-state index is 0.174. The maximum absolute atomic E-state index is 12.4. The third-order valence-electron chi connectivity index (χ3n) is 3.85. The van der Waals surface area contributed by atoms with Crippen LogP contribution in [-0.2, 0) is 9.47 Å². The lowest BCUT2D eigenvalue weighted by molar-refractivity contribution is 0.0304. The summed E-state index contributed by atoms with van der Waals surface area (Å²) in [6.07, 6.45) is 4.57. The van der Waals surface area contributed by atoms with Crippen LogP contribution in [0.3, 0.4) is 0 Å². The number of nitrogens with two attached hydrogens (primary N) is 1. The average molecular weight is 358 g/mol. The summed E-state index contributed by atoms with van der Waals surface area (Å²) < 4.78 is 11.1. The van der Waals surface area contributed by atoms with Crippen LogP contribution in [0.2, 0.25) is 0 Å². The second-order valence-corrected chi connectivity index (χ2v) is 7.03. The van der Waals surface area contributed by atoms with Gasteiger partial charge in [0.2, 0.25) is 0 Å². The Kier molecular flexibility index (Phi) is 4.69. The number of nitrogens with zero attached hydrogens (tertiary/aromatic N) is 2. The van der Waals surface area contributed by atoms with E-state index in [9.17, 15) is 9.59 Å². The Morgan fingerprint density at radius 3 is 2.85 bits per heavy atom. The molecule has 0 atom stereocenters. The molecule has 3 heterocycles. The van der Waals surface area contributed by atoms with Gasteiger partial charge in [-0.2, -0.15) is 0 Å². The molecule has 0 fully saturated rings. The summed E-state index contributed by atoms with van der Waals surface area (Å²) >= 11 is 0. The normalized spacial score (nSPS) is 15.5. The fourth-order valence-electron chi connectivity index (χ4n) is 2.74. The molecule has 0 unspecified atom stereocenters. The Hall–Kier alpha value is -2.87. The number of fused-ring (bicyclic) bond motifs is 1. The van der Waals surface area contributed by atoms with E-state index in [1.165, 1.54) is 4.90 Å². The number of ether oxygens (including phenoxy) is 2. The van der Waals surface area contributed by atoms with Crippen LogP contribution >= 0.6 is 0 Å². The Bertz CT molecular complexity index is 879. The van der Waals surface area contributed by atoms with Crippen molar-refractivity contribution in [3.05, 3.63) is 35.9 Å². The summed E-state index contributed by atoms with van der Waals surface area (Å²) in [5.74, 6) is -0.606. The van der Waals surface area contributed by atoms with Gasteiger partial charge in [-0.15, -0.1) is 0 Å². The fraction of sp³-hybridized carbons (Fsp3) is 0.389. The van der Waals surface area contributed by atoms with Crippen molar-refractivity contribution in [3.8, 4) is 0 Å². The summed E-state index contributed by atoms with van der Waals surface area (Å²) in [6.45, 7) is 6.56. The highest BCUT2D eigenvalue weighted by Gasteiger charge is 2.24. The van der Waals surface area contributed by atoms with Gasteiger partial charge in [0, 0.05) is 35.1 Å². The zero-order chi connectivity index (χ0) is 18.9. The third kappa shape index (κ3) is 3.70. The van der Waals surface area contributed by atoms with Crippen molar-refractivity contribution in [2.75, 3.05) is 19.8 Å². The maximum Gasteiger partial charge on any atom is 0.414 e. The van der Waals surface area contributed by atoms with Crippen molar-refractivity contribution in [3.63, 3.8) is 0 Å². The average Bonchev–Trinajstić information content (AvgIpc) is 2.89. The molecular weight excluding hydrogens is 336 g/mol. The van der Waals surface area contributed by atoms with Gasteiger partial charge in [0.25, 0.3) is 5.91 Å². The Labute approximate surface area is 151 Å². The highest BCUT2D eigenvalue weighted by atomic mass is 16.6. The quantitative estimate of drug-likeness (QED) is 0.855. The van der Waals surface area contributed by atoms with Crippen LogP contribution < -0.4 is 5.73 Å². The minimum Gasteiger partial charge on any atom is -0.443 e. The zero-order valence-corrected chi connectivity index (χ0v) is 15.0. The molecule has 0 saturated heterocycles. The van der Waals surface area contributed by atoms with Gasteiger partial charge in [0.15, 0.2) is 5.69 Å². The van der Waals surface area contributed by atoms with Gasteiger partial charge in [0.05, 0.1) is 25.3 Å². The van der Waals surface area contributed by atoms with Crippen LogP contribution in [-0.4, -0.2) is 52.2 Å². The van der Waals surface area contributed by atoms with Crippen LogP contribution in [0.25, 0.3) is 16.5 Å². The zero-order valence-electron chi connectivity index (χ0n) is 15.0. The van der Waals surface area contributed by atoms with E-state index in [4.69, 9.17) is 15.2 Å². The summed E-state index contributed by atoms with van der Waals surface area (Å²) in [7, 11) is 0. The van der Waals surface area contributed by atoms with E-state index >= 15 is 0 Å². The molecule has 1 aliphatic heterocycles. The molecule has 8 heteroatoms. The van der Waals surface area contributed by atoms with Crippen molar-refractivity contribution in [2.24, 2.45) is 5.73 Å². The molecule has 1 aliphatic rings. The summed E-state index contributed by atoms with van der Waals surface area (Å²) in [4.78, 5) is 32.6. The Morgan fingerprint density at radius 2 is 2.15 bits per heavy atom. The predicted octanol–water partition coefficient (Wildman–Crippen LogP) is 2.27. The van der Waals surface area contributed by atoms with Gasteiger partial charge in [-0.05, 0) is 26.8 Å². The number of H-pyrrole nitrogens is 1. The standard InChI is InChI=1S/C18H22N4O4/c1-18(2,3)26-17(24)22-6-7-25-10-11(9-22)13-8-21-15(16(19)23)14-12(13)4-5-20-14/h4-5,8-9,20H,6-7,10H2,1-3H3,(H2,19,23). The van der Waals surface area contributed by atoms with E-state index in [1.807, 2.05) is 26.8 Å². The summed E-state index contributed by atoms with van der Waals surface area (Å²) in [6, 6.07) is 1.84. The third-order valence-corrected chi connectivity index (χ3v) is 3.85. The van der Waals surface area contributed by atoms with Crippen LogP contribution in [0, 0.1) is 0 Å². The topological polar surface area (TPSA) is 111 Å². The van der Waals surface area contributed by atoms with E-state index in [1.54, 1.807) is 18.6 Å². The second-order valence-electron chi connectivity index (χ2n) is 7.03. The molecule has 2 aromatic rings. The molecule has 8 nitrogen and oxygen atoms in total. The van der Waals surface area contributed by atoms with Gasteiger partial charge in [-0.25, -0.2) is 9.78 Å². The van der Waals surface area contributed by atoms with Crippen molar-refractivity contribution >= 4 is 28.5 Å². The largest absolute Gasteiger partial charge is 0.443 e. The van der Waals surface area contributed by atoms with E-state index < -0.39 is 17.6 Å². The molecule has 0 spiro atoms. The van der Waals surface area contributed by atoms with Gasteiger partial charge in [0.1, 0.15) is 5.60 Å². The Balaban J connectivity index is 2.00. The first-order valence-corrected chi connectivity index (χ1v) is 8.30. The predicted molar refractivity (Wildman–Crippen MR) is 96.3 cm³/mol. The number of pyridine rings is 1. The molecule has 0 radical (unpaired) electrons. The molecule has 0 bridgehead atoms. The molecule has 26 heavy (non-hydrogen) atoms. The van der Waals surface area contributed by atoms with Crippen molar-refractivity contribution < 1.29 is 19.1 Å². The number of nitrogens with one attached hydrogen (secondary N) is 1. The summed E-state index contributed by atoms with van der Waals surface area (Å²) in [5, 5.41) is 0.787. The van der Waals surface area contributed by atoms with Gasteiger partial charge in [-0.1, -0.05) is 0 Å². The van der Waals surface area contributed by atoms with E-state index in [0.717, 1.165) is 16.5 Å². The second kappa shape index (κ2) is 6.80. The number of hydrogen-bond acceptors (Lipinski definition) is 5. The van der Waals surface area contributed by atoms with Gasteiger partial charge < -0.3 is 20.2 Å². The molecule has 3 rings (SSSR count). The molecule has 2 aromatic heterocycles. The van der Waals surface area contributed by atoms with Crippen LogP contribution in [0.15, 0.2) is 24.7 Å². The monoisotopic (exact) mass is 358 g/mol. The van der Waals surface area contributed by atoms with Crippen molar-refractivity contribution in [1.29, 1.82) is 0 Å². The lowest BCUT2D eigenvalue weighted by Gasteiger charge is -2.24. The molecule has 0 saturated carbocycles. The van der Waals surface area contributed by atoms with Gasteiger partial charge >= 0.3 is 6.09 Å². The smallest absolute Gasteiger partial charge is 0.414 e. The number of primary amides is 1. The summed E-state index contributed by atoms with van der Waals surface area (Å²) in [5.41, 5.74) is 7.06. The highest BCUT2D eigenvalue weighted by Crippen LogP contribution is 2.27. The van der Waals surface area contributed by atoms with E-state index in [0.29, 0.717) is 25.3 Å². The van der Waals surface area contributed by atoms with E-state index in [-0.39, 0.29) is 5.69 Å². The minimum atomic E-state index is -0.606. The first-order chi connectivity index (χ1) is 12.3. The SMILES string of the molecule is CC(C)(C)OC(=O)N1C=C(c2cnc(C(N)=O)c3[nH]ccc23)COCC1. The number of hydrogen-bond donors (Lipinski definition) is 2. The van der Waals surface area contributed by atoms with Crippen LogP contribution in [0.1, 0.15) is 36.8 Å². The molecule has 138 valence electrons. The fourth-order valence-corrected chi connectivity index (χ4v) is 2.74. The number of aromatic amines is 1. The van der Waals surface area contributed by atoms with Gasteiger partial charge in [-0.3, -0.25) is 9.69 Å². The van der Waals surface area contributed by atoms with Crippen LogP contribution in [0.5, 0.6) is 0 Å².